The molecule has 0 fully saturated rings. The molecule has 0 aliphatic rings. The lowest BCUT2D eigenvalue weighted by Crippen LogP contribution is -1.99. The fourth-order valence-electron chi connectivity index (χ4n) is 3.27. The van der Waals surface area contributed by atoms with Gasteiger partial charge in [-0.1, -0.05) is 48.5 Å². The van der Waals surface area contributed by atoms with Crippen LogP contribution in [0.3, 0.4) is 0 Å². The molecule has 0 aromatic heterocycles. The van der Waals surface area contributed by atoms with Gasteiger partial charge in [-0.15, -0.1) is 10.2 Å². The molecule has 0 aliphatic carbocycles. The number of azo groups is 1. The molecule has 0 radical (unpaired) electrons. The van der Waals surface area contributed by atoms with Gasteiger partial charge in [0, 0.05) is 10.8 Å². The Balaban J connectivity index is 1.98. The van der Waals surface area contributed by atoms with E-state index in [0.29, 0.717) is 16.2 Å². The average molecular weight is 422 g/mol. The summed E-state index contributed by atoms with van der Waals surface area (Å²) in [6.45, 7) is 0. The number of carbonyl (C=O) groups is 1. The van der Waals surface area contributed by atoms with Crippen LogP contribution in [0, 0.1) is 0 Å². The van der Waals surface area contributed by atoms with Crippen LogP contribution in [0.4, 0.5) is 11.4 Å². The minimum atomic E-state index is -4.52. The predicted octanol–water partition coefficient (Wildman–Crippen LogP) is 5.06. The van der Waals surface area contributed by atoms with Crippen LogP contribution in [-0.2, 0) is 10.1 Å². The van der Waals surface area contributed by atoms with Crippen LogP contribution in [0.2, 0.25) is 0 Å². The Hall–Kier alpha value is -3.82. The summed E-state index contributed by atoms with van der Waals surface area (Å²) < 4.78 is 33.2. The summed E-state index contributed by atoms with van der Waals surface area (Å²) >= 11 is 0. The highest BCUT2D eigenvalue weighted by molar-refractivity contribution is 7.86. The molecule has 3 N–H and O–H groups in total. The number of hydrogen-bond donors (Lipinski definition) is 3. The third kappa shape index (κ3) is 3.36. The molecule has 0 heterocycles. The number of carboxylic acid groups (broad SMARTS) is 1. The van der Waals surface area contributed by atoms with Crippen molar-refractivity contribution in [3.63, 3.8) is 0 Å². The number of fused-ring (bicyclic) bond motifs is 2. The van der Waals surface area contributed by atoms with Crippen molar-refractivity contribution in [2.75, 3.05) is 0 Å². The van der Waals surface area contributed by atoms with Crippen LogP contribution in [-0.4, -0.2) is 29.2 Å². The summed E-state index contributed by atoms with van der Waals surface area (Å²) in [6.07, 6.45) is 0. The largest absolute Gasteiger partial charge is 0.505 e. The number of carboxylic acids is 1. The van der Waals surface area contributed by atoms with Crippen LogP contribution in [0.5, 0.6) is 5.75 Å². The van der Waals surface area contributed by atoms with Gasteiger partial charge in [-0.05, 0) is 29.0 Å². The molecule has 0 bridgehead atoms. The van der Waals surface area contributed by atoms with Crippen LogP contribution in [0.1, 0.15) is 10.4 Å². The third-order valence-electron chi connectivity index (χ3n) is 4.61. The number of hydrogen-bond acceptors (Lipinski definition) is 6. The van der Waals surface area contributed by atoms with E-state index in [1.165, 1.54) is 24.3 Å². The Morgan fingerprint density at radius 3 is 2.23 bits per heavy atom. The summed E-state index contributed by atoms with van der Waals surface area (Å²) in [6, 6.07) is 17.3. The smallest absolute Gasteiger partial charge is 0.339 e. The SMILES string of the molecule is O=C(O)c1cc2ccccc2c(/N=N/c2cccc3cccc(S(=O)(=O)O)c23)c1O. The van der Waals surface area contributed by atoms with Crippen molar-refractivity contribution in [3.8, 4) is 5.75 Å². The van der Waals surface area contributed by atoms with Gasteiger partial charge in [-0.2, -0.15) is 8.42 Å². The van der Waals surface area contributed by atoms with Gasteiger partial charge in [0.1, 0.15) is 16.1 Å². The number of aromatic carboxylic acids is 1. The van der Waals surface area contributed by atoms with Gasteiger partial charge in [-0.3, -0.25) is 4.55 Å². The molecule has 4 aromatic rings. The molecule has 0 saturated heterocycles. The molecular formula is C21H14N2O6S. The van der Waals surface area contributed by atoms with Crippen LogP contribution in [0.25, 0.3) is 21.5 Å². The Morgan fingerprint density at radius 1 is 0.867 bits per heavy atom. The summed E-state index contributed by atoms with van der Waals surface area (Å²) in [4.78, 5) is 11.2. The third-order valence-corrected chi connectivity index (χ3v) is 5.50. The fourth-order valence-corrected chi connectivity index (χ4v) is 4.00. The molecule has 9 heteroatoms. The lowest BCUT2D eigenvalue weighted by atomic mass is 10.0. The molecule has 150 valence electrons. The number of rotatable bonds is 4. The molecule has 0 amide bonds. The number of benzene rings is 4. The highest BCUT2D eigenvalue weighted by Gasteiger charge is 2.19. The Bertz CT molecular complexity index is 1460. The Kier molecular flexibility index (Phi) is 4.69. The number of nitrogens with zero attached hydrogens (tertiary/aromatic N) is 2. The molecule has 4 aromatic carbocycles. The first kappa shape index (κ1) is 19.5. The molecule has 8 nitrogen and oxygen atoms in total. The van der Waals surface area contributed by atoms with E-state index in [9.17, 15) is 28.0 Å². The van der Waals surface area contributed by atoms with Gasteiger partial charge in [0.2, 0.25) is 0 Å². The molecule has 0 atom stereocenters. The molecule has 30 heavy (non-hydrogen) atoms. The lowest BCUT2D eigenvalue weighted by molar-refractivity contribution is 0.0694. The molecule has 0 unspecified atom stereocenters. The van der Waals surface area contributed by atoms with Crippen LogP contribution < -0.4 is 0 Å². The minimum absolute atomic E-state index is 0.0631. The van der Waals surface area contributed by atoms with E-state index in [1.54, 1.807) is 42.5 Å². The maximum absolute atomic E-state index is 11.8. The molecule has 0 aliphatic heterocycles. The van der Waals surface area contributed by atoms with Gasteiger partial charge >= 0.3 is 5.97 Å². The number of aromatic hydroxyl groups is 1. The topological polar surface area (TPSA) is 137 Å². The second kappa shape index (κ2) is 7.21. The number of phenols is 1. The maximum Gasteiger partial charge on any atom is 0.339 e. The van der Waals surface area contributed by atoms with Crippen molar-refractivity contribution in [1.29, 1.82) is 0 Å². The van der Waals surface area contributed by atoms with Crippen molar-refractivity contribution in [2.24, 2.45) is 10.2 Å². The van der Waals surface area contributed by atoms with Crippen molar-refractivity contribution in [3.05, 3.63) is 72.3 Å². The first-order chi connectivity index (χ1) is 14.3. The van der Waals surface area contributed by atoms with Gasteiger partial charge in [0.05, 0.1) is 5.69 Å². The zero-order valence-electron chi connectivity index (χ0n) is 15.2. The summed E-state index contributed by atoms with van der Waals surface area (Å²) in [5, 5.41) is 29.7. The van der Waals surface area contributed by atoms with Crippen molar-refractivity contribution in [1.82, 2.24) is 0 Å². The van der Waals surface area contributed by atoms with E-state index in [0.717, 1.165) is 0 Å². The van der Waals surface area contributed by atoms with Crippen LogP contribution in [0.15, 0.2) is 81.9 Å². The standard InChI is InChI=1S/C21H14N2O6S/c24-20-15(21(25)26)11-13-5-1-2-8-14(13)19(20)23-22-16-9-3-6-12-7-4-10-17(18(12)16)30(27,28)29/h1-11,24H,(H,25,26)(H,27,28,29)/b23-22+. The normalized spacial score (nSPS) is 12.0. The Labute approximate surface area is 170 Å². The van der Waals surface area contributed by atoms with E-state index >= 15 is 0 Å². The average Bonchev–Trinajstić information content (AvgIpc) is 2.71. The maximum atomic E-state index is 11.8. The lowest BCUT2D eigenvalue weighted by Gasteiger charge is -2.09. The first-order valence-corrected chi connectivity index (χ1v) is 10.1. The molecular weight excluding hydrogens is 408 g/mol. The van der Waals surface area contributed by atoms with Crippen molar-refractivity contribution >= 4 is 49.0 Å². The van der Waals surface area contributed by atoms with Gasteiger partial charge < -0.3 is 10.2 Å². The van der Waals surface area contributed by atoms with Crippen LogP contribution >= 0.6 is 0 Å². The van der Waals surface area contributed by atoms with E-state index in [-0.39, 0.29) is 27.2 Å². The summed E-state index contributed by atoms with van der Waals surface area (Å²) in [7, 11) is -4.52. The predicted molar refractivity (Wildman–Crippen MR) is 111 cm³/mol. The summed E-state index contributed by atoms with van der Waals surface area (Å²) in [5.74, 6) is -1.88. The molecule has 0 saturated carbocycles. The van der Waals surface area contributed by atoms with E-state index in [2.05, 4.69) is 10.2 Å². The molecule has 0 spiro atoms. The van der Waals surface area contributed by atoms with Crippen molar-refractivity contribution in [2.45, 2.75) is 4.90 Å². The second-order valence-corrected chi connectivity index (χ2v) is 7.84. The second-order valence-electron chi connectivity index (χ2n) is 6.45. The summed E-state index contributed by atoms with van der Waals surface area (Å²) in [5.41, 5.74) is -0.268. The monoisotopic (exact) mass is 422 g/mol. The zero-order chi connectivity index (χ0) is 21.5. The zero-order valence-corrected chi connectivity index (χ0v) is 16.0. The fraction of sp³-hybridized carbons (Fsp3) is 0. The van der Waals surface area contributed by atoms with E-state index < -0.39 is 21.8 Å². The van der Waals surface area contributed by atoms with Gasteiger partial charge in [-0.25, -0.2) is 4.79 Å². The van der Waals surface area contributed by atoms with Gasteiger partial charge in [0.25, 0.3) is 10.1 Å². The first-order valence-electron chi connectivity index (χ1n) is 8.66. The minimum Gasteiger partial charge on any atom is -0.505 e. The van der Waals surface area contributed by atoms with Crippen molar-refractivity contribution < 1.29 is 28.0 Å². The highest BCUT2D eigenvalue weighted by Crippen LogP contribution is 2.40. The van der Waals surface area contributed by atoms with Gasteiger partial charge in [0.15, 0.2) is 5.75 Å². The van der Waals surface area contributed by atoms with E-state index in [4.69, 9.17) is 0 Å². The molecule has 4 rings (SSSR count). The van der Waals surface area contributed by atoms with E-state index in [1.807, 2.05) is 0 Å². The highest BCUT2D eigenvalue weighted by atomic mass is 32.2. The Morgan fingerprint density at radius 2 is 1.53 bits per heavy atom. The quantitative estimate of drug-likeness (QED) is 0.311.